The molecule has 0 radical (unpaired) electrons. The monoisotopic (exact) mass is 392 g/mol. The molecule has 2 aromatic carbocycles. The van der Waals surface area contributed by atoms with Gasteiger partial charge in [0.2, 0.25) is 0 Å². The van der Waals surface area contributed by atoms with Gasteiger partial charge in [0.1, 0.15) is 11.0 Å². The number of benzene rings is 2. The van der Waals surface area contributed by atoms with Gasteiger partial charge in [0.25, 0.3) is 5.91 Å². The van der Waals surface area contributed by atoms with Crippen LogP contribution in [-0.4, -0.2) is 35.0 Å². The van der Waals surface area contributed by atoms with Crippen LogP contribution in [0.4, 0.5) is 0 Å². The number of carbonyl (C=O) groups is 1. The molecule has 1 aromatic heterocycles. The van der Waals surface area contributed by atoms with Crippen LogP contribution in [0.2, 0.25) is 0 Å². The lowest BCUT2D eigenvalue weighted by atomic mass is 10.1. The molecule has 5 heteroatoms. The van der Waals surface area contributed by atoms with E-state index in [0.717, 1.165) is 27.6 Å². The maximum absolute atomic E-state index is 13.2. The van der Waals surface area contributed by atoms with Crippen molar-refractivity contribution >= 4 is 17.2 Å². The fraction of sp³-hybridized carbons (Fsp3) is 0.304. The van der Waals surface area contributed by atoms with Gasteiger partial charge < -0.3 is 9.64 Å². The summed E-state index contributed by atoms with van der Waals surface area (Å²) in [7, 11) is 0. The first-order valence-corrected chi connectivity index (χ1v) is 10.4. The highest BCUT2D eigenvalue weighted by Crippen LogP contribution is 2.28. The van der Waals surface area contributed by atoms with Crippen molar-refractivity contribution in [2.45, 2.75) is 32.5 Å². The maximum Gasteiger partial charge on any atom is 0.266 e. The number of morpholine rings is 1. The van der Waals surface area contributed by atoms with Crippen LogP contribution in [0.3, 0.4) is 0 Å². The zero-order valence-corrected chi connectivity index (χ0v) is 17.0. The number of hydrogen-bond donors (Lipinski definition) is 0. The van der Waals surface area contributed by atoms with Crippen molar-refractivity contribution in [2.24, 2.45) is 0 Å². The van der Waals surface area contributed by atoms with Crippen LogP contribution in [0.1, 0.15) is 44.5 Å². The highest BCUT2D eigenvalue weighted by molar-refractivity contribution is 7.13. The Kier molecular flexibility index (Phi) is 5.55. The van der Waals surface area contributed by atoms with Gasteiger partial charge in [0.05, 0.1) is 23.4 Å². The molecule has 3 aromatic rings. The number of hydrogen-bond acceptors (Lipinski definition) is 4. The van der Waals surface area contributed by atoms with E-state index in [-0.39, 0.29) is 18.1 Å². The summed E-state index contributed by atoms with van der Waals surface area (Å²) < 4.78 is 6.10. The van der Waals surface area contributed by atoms with Gasteiger partial charge in [0, 0.05) is 13.0 Å². The molecule has 1 fully saturated rings. The number of rotatable bonds is 4. The van der Waals surface area contributed by atoms with Crippen LogP contribution in [0.15, 0.2) is 60.7 Å². The molecular formula is C23H24N2O2S. The Hall–Kier alpha value is -2.50. The highest BCUT2D eigenvalue weighted by atomic mass is 32.1. The van der Waals surface area contributed by atoms with E-state index < -0.39 is 0 Å². The van der Waals surface area contributed by atoms with Gasteiger partial charge in [-0.05, 0) is 25.0 Å². The first kappa shape index (κ1) is 18.8. The smallest absolute Gasteiger partial charge is 0.266 e. The molecule has 0 bridgehead atoms. The predicted octanol–water partition coefficient (Wildman–Crippen LogP) is 4.64. The number of carbonyl (C=O) groups excluding carboxylic acids is 1. The Morgan fingerprint density at radius 2 is 1.79 bits per heavy atom. The summed E-state index contributed by atoms with van der Waals surface area (Å²) in [6, 6.07) is 20.4. The van der Waals surface area contributed by atoms with Gasteiger partial charge in [0.15, 0.2) is 0 Å². The van der Waals surface area contributed by atoms with Crippen molar-refractivity contribution in [3.05, 3.63) is 87.4 Å². The van der Waals surface area contributed by atoms with Crippen molar-refractivity contribution in [3.63, 3.8) is 0 Å². The summed E-state index contributed by atoms with van der Waals surface area (Å²) in [4.78, 5) is 20.6. The molecule has 2 atom stereocenters. The number of ether oxygens (including phenoxy) is 1. The van der Waals surface area contributed by atoms with Gasteiger partial charge in [-0.1, -0.05) is 60.7 Å². The van der Waals surface area contributed by atoms with Crippen molar-refractivity contribution in [1.82, 2.24) is 9.88 Å². The average Bonchev–Trinajstić information content (AvgIpc) is 3.08. The van der Waals surface area contributed by atoms with Crippen LogP contribution in [0, 0.1) is 6.92 Å². The van der Waals surface area contributed by atoms with Crippen molar-refractivity contribution in [3.8, 4) is 0 Å². The lowest BCUT2D eigenvalue weighted by Crippen LogP contribution is -2.45. The van der Waals surface area contributed by atoms with Crippen LogP contribution >= 0.6 is 11.3 Å². The van der Waals surface area contributed by atoms with Crippen LogP contribution in [0.25, 0.3) is 0 Å². The van der Waals surface area contributed by atoms with E-state index >= 15 is 0 Å². The van der Waals surface area contributed by atoms with Crippen LogP contribution in [0.5, 0.6) is 0 Å². The van der Waals surface area contributed by atoms with E-state index in [0.29, 0.717) is 13.1 Å². The molecule has 2 unspecified atom stereocenters. The fourth-order valence-corrected chi connectivity index (χ4v) is 4.68. The molecule has 28 heavy (non-hydrogen) atoms. The standard InChI is InChI=1S/C23H24N2O2S/c1-16-14-25(15-20(27-16)19-11-7-4-8-12-19)23(26)22-17(2)24-21(28-22)13-18-9-5-3-6-10-18/h3-12,16,20H,13-15H2,1-2H3. The number of nitrogens with zero attached hydrogens (tertiary/aromatic N) is 2. The lowest BCUT2D eigenvalue weighted by Gasteiger charge is -2.37. The largest absolute Gasteiger partial charge is 0.367 e. The first-order valence-electron chi connectivity index (χ1n) is 9.60. The van der Waals surface area contributed by atoms with Gasteiger partial charge in [-0.15, -0.1) is 11.3 Å². The highest BCUT2D eigenvalue weighted by Gasteiger charge is 2.31. The van der Waals surface area contributed by atoms with E-state index in [1.165, 1.54) is 16.9 Å². The molecule has 0 N–H and O–H groups in total. The van der Waals surface area contributed by atoms with Crippen LogP contribution in [-0.2, 0) is 11.2 Å². The Morgan fingerprint density at radius 3 is 2.50 bits per heavy atom. The predicted molar refractivity (Wildman–Crippen MR) is 112 cm³/mol. The van der Waals surface area contributed by atoms with Crippen molar-refractivity contribution in [1.29, 1.82) is 0 Å². The summed E-state index contributed by atoms with van der Waals surface area (Å²) in [5, 5.41) is 0.980. The maximum atomic E-state index is 13.2. The van der Waals surface area contributed by atoms with Crippen molar-refractivity contribution in [2.75, 3.05) is 13.1 Å². The topological polar surface area (TPSA) is 42.4 Å². The second-order valence-corrected chi connectivity index (χ2v) is 8.32. The Labute approximate surface area is 169 Å². The number of amides is 1. The molecule has 1 aliphatic rings. The minimum atomic E-state index is -0.0917. The molecule has 0 aliphatic carbocycles. The Morgan fingerprint density at radius 1 is 1.11 bits per heavy atom. The minimum absolute atomic E-state index is 0.0000714. The normalized spacial score (nSPS) is 19.6. The SMILES string of the molecule is Cc1nc(Cc2ccccc2)sc1C(=O)N1CC(C)OC(c2ccccc2)C1. The zero-order chi connectivity index (χ0) is 19.5. The molecule has 0 spiro atoms. The zero-order valence-electron chi connectivity index (χ0n) is 16.2. The third-order valence-electron chi connectivity index (χ3n) is 4.95. The van der Waals surface area contributed by atoms with E-state index in [1.54, 1.807) is 0 Å². The first-order chi connectivity index (χ1) is 13.6. The van der Waals surface area contributed by atoms with E-state index in [2.05, 4.69) is 29.2 Å². The lowest BCUT2D eigenvalue weighted by molar-refractivity contribution is -0.0690. The molecule has 0 saturated carbocycles. The summed E-state index contributed by atoms with van der Waals surface area (Å²) in [6.07, 6.45) is 0.664. The Balaban J connectivity index is 1.52. The molecule has 144 valence electrons. The molecule has 4 nitrogen and oxygen atoms in total. The molecular weight excluding hydrogens is 368 g/mol. The van der Waals surface area contributed by atoms with Gasteiger partial charge in [-0.2, -0.15) is 0 Å². The summed E-state index contributed by atoms with van der Waals surface area (Å²) in [5.74, 6) is 0.0605. The molecule has 4 rings (SSSR count). The summed E-state index contributed by atoms with van der Waals surface area (Å²) >= 11 is 1.51. The number of aromatic nitrogens is 1. The van der Waals surface area contributed by atoms with E-state index in [4.69, 9.17) is 4.74 Å². The van der Waals surface area contributed by atoms with Gasteiger partial charge in [-0.3, -0.25) is 4.79 Å². The third-order valence-corrected chi connectivity index (χ3v) is 6.10. The third kappa shape index (κ3) is 4.16. The van der Waals surface area contributed by atoms with E-state index in [9.17, 15) is 4.79 Å². The average molecular weight is 393 g/mol. The second kappa shape index (κ2) is 8.25. The van der Waals surface area contributed by atoms with Gasteiger partial charge in [-0.25, -0.2) is 4.98 Å². The minimum Gasteiger partial charge on any atom is -0.367 e. The Bertz CT molecular complexity index is 940. The van der Waals surface area contributed by atoms with Crippen molar-refractivity contribution < 1.29 is 9.53 Å². The molecule has 1 saturated heterocycles. The molecule has 1 amide bonds. The number of aryl methyl sites for hydroxylation is 1. The van der Waals surface area contributed by atoms with Crippen LogP contribution < -0.4 is 0 Å². The molecule has 2 heterocycles. The summed E-state index contributed by atoms with van der Waals surface area (Å²) in [5.41, 5.74) is 3.13. The van der Waals surface area contributed by atoms with E-state index in [1.807, 2.05) is 55.1 Å². The number of thiazole rings is 1. The fourth-order valence-electron chi connectivity index (χ4n) is 3.61. The van der Waals surface area contributed by atoms with Gasteiger partial charge >= 0.3 is 0 Å². The molecule has 1 aliphatic heterocycles. The quantitative estimate of drug-likeness (QED) is 0.649. The second-order valence-electron chi connectivity index (χ2n) is 7.24. The summed E-state index contributed by atoms with van der Waals surface area (Å²) in [6.45, 7) is 5.12.